The summed E-state index contributed by atoms with van der Waals surface area (Å²) in [7, 11) is 2.75. The van der Waals surface area contributed by atoms with Gasteiger partial charge in [-0.25, -0.2) is 9.78 Å². The molecule has 0 saturated carbocycles. The third-order valence-electron chi connectivity index (χ3n) is 5.54. The van der Waals surface area contributed by atoms with Crippen LogP contribution in [0.5, 0.6) is 5.75 Å². The Bertz CT molecular complexity index is 1330. The summed E-state index contributed by atoms with van der Waals surface area (Å²) in [5.74, 6) is -2.12. The lowest BCUT2D eigenvalue weighted by atomic mass is 9.95. The third-order valence-corrected chi connectivity index (χ3v) is 6.68. The molecule has 1 aromatic heterocycles. The monoisotopic (exact) mass is 478 g/mol. The number of methoxy groups -OCH3 is 2. The fourth-order valence-corrected chi connectivity index (χ4v) is 4.80. The van der Waals surface area contributed by atoms with Gasteiger partial charge >= 0.3 is 11.9 Å². The number of nitrogens with zero attached hydrogens (tertiary/aromatic N) is 2. The molecule has 0 unspecified atom stereocenters. The second-order valence-corrected chi connectivity index (χ2v) is 8.69. The first-order chi connectivity index (χ1) is 16.3. The van der Waals surface area contributed by atoms with Gasteiger partial charge in [0.05, 0.1) is 31.5 Å². The summed E-state index contributed by atoms with van der Waals surface area (Å²) < 4.78 is 10.0. The van der Waals surface area contributed by atoms with Crippen LogP contribution in [0.2, 0.25) is 0 Å². The Hall–Kier alpha value is -3.98. The molecule has 1 fully saturated rings. The minimum absolute atomic E-state index is 0.0745. The number of thiazole rings is 1. The average Bonchev–Trinajstić information content (AvgIpc) is 3.35. The van der Waals surface area contributed by atoms with Gasteiger partial charge in [-0.2, -0.15) is 0 Å². The molecule has 1 aliphatic heterocycles. The van der Waals surface area contributed by atoms with Crippen molar-refractivity contribution in [1.29, 1.82) is 0 Å². The molecule has 0 radical (unpaired) electrons. The van der Waals surface area contributed by atoms with E-state index in [1.54, 1.807) is 43.3 Å². The van der Waals surface area contributed by atoms with E-state index in [0.29, 0.717) is 22.6 Å². The number of anilines is 1. The second kappa shape index (κ2) is 9.11. The maximum absolute atomic E-state index is 13.2. The van der Waals surface area contributed by atoms with Gasteiger partial charge < -0.3 is 14.6 Å². The summed E-state index contributed by atoms with van der Waals surface area (Å²) in [6, 6.07) is 12.9. The predicted octanol–water partition coefficient (Wildman–Crippen LogP) is 4.18. The molecule has 4 rings (SSSR count). The van der Waals surface area contributed by atoms with Crippen LogP contribution in [-0.4, -0.2) is 42.0 Å². The lowest BCUT2D eigenvalue weighted by molar-refractivity contribution is -0.132. The second-order valence-electron chi connectivity index (χ2n) is 7.71. The van der Waals surface area contributed by atoms with E-state index >= 15 is 0 Å². The number of ether oxygens (including phenoxy) is 2. The average molecular weight is 479 g/mol. The quantitative estimate of drug-likeness (QED) is 0.254. The minimum Gasteiger partial charge on any atom is -0.507 e. The molecule has 8 nitrogen and oxygen atoms in total. The number of benzene rings is 2. The molecule has 2 aromatic carbocycles. The number of esters is 1. The van der Waals surface area contributed by atoms with Crippen LogP contribution in [0.3, 0.4) is 0 Å². The molecular weight excluding hydrogens is 456 g/mol. The predicted molar refractivity (Wildman–Crippen MR) is 127 cm³/mol. The van der Waals surface area contributed by atoms with Gasteiger partial charge in [-0.3, -0.25) is 14.5 Å². The first-order valence-electron chi connectivity index (χ1n) is 10.3. The van der Waals surface area contributed by atoms with Gasteiger partial charge in [0.25, 0.3) is 5.78 Å². The zero-order valence-corrected chi connectivity index (χ0v) is 19.8. The highest BCUT2D eigenvalue weighted by atomic mass is 32.1. The highest BCUT2D eigenvalue weighted by Gasteiger charge is 2.48. The van der Waals surface area contributed by atoms with Crippen molar-refractivity contribution in [2.24, 2.45) is 0 Å². The van der Waals surface area contributed by atoms with Crippen LogP contribution in [0.4, 0.5) is 5.13 Å². The number of aliphatic hydroxyl groups is 1. The largest absolute Gasteiger partial charge is 0.507 e. The standard InChI is InChI=1S/C25H22N2O6S/c1-13-8-10-15(11-9-13)19-18(20(28)16-6-5-7-17(12-16)32-3)21(29)23(30)27(19)25-26-14(2)22(34-25)24(31)33-4/h5-12,19,28H,1-4H3/t19-/m1/s1. The maximum Gasteiger partial charge on any atom is 0.350 e. The summed E-state index contributed by atoms with van der Waals surface area (Å²) in [6.07, 6.45) is 0. The molecule has 1 amide bonds. The fourth-order valence-electron chi connectivity index (χ4n) is 3.79. The molecule has 9 heteroatoms. The third kappa shape index (κ3) is 3.94. The van der Waals surface area contributed by atoms with Crippen LogP contribution in [0.1, 0.15) is 38.1 Å². The van der Waals surface area contributed by atoms with Crippen LogP contribution < -0.4 is 9.64 Å². The first kappa shape index (κ1) is 23.2. The van der Waals surface area contributed by atoms with Gasteiger partial charge in [0.15, 0.2) is 5.13 Å². The van der Waals surface area contributed by atoms with Crippen molar-refractivity contribution in [3.05, 3.63) is 81.4 Å². The molecule has 0 bridgehead atoms. The zero-order chi connectivity index (χ0) is 24.6. The van der Waals surface area contributed by atoms with Crippen LogP contribution in [0.15, 0.2) is 54.1 Å². The number of aromatic nitrogens is 1. The Morgan fingerprint density at radius 2 is 1.79 bits per heavy atom. The zero-order valence-electron chi connectivity index (χ0n) is 19.0. The first-order valence-corrected chi connectivity index (χ1v) is 11.2. The van der Waals surface area contributed by atoms with E-state index in [9.17, 15) is 19.5 Å². The van der Waals surface area contributed by atoms with E-state index in [1.165, 1.54) is 19.1 Å². The lowest BCUT2D eigenvalue weighted by Gasteiger charge is -2.23. The number of amides is 1. The number of rotatable bonds is 5. The Labute approximate surface area is 200 Å². The van der Waals surface area contributed by atoms with E-state index in [1.807, 2.05) is 19.1 Å². The van der Waals surface area contributed by atoms with Crippen molar-refractivity contribution >= 4 is 39.9 Å². The molecule has 1 saturated heterocycles. The van der Waals surface area contributed by atoms with Crippen molar-refractivity contribution in [2.45, 2.75) is 19.9 Å². The van der Waals surface area contributed by atoms with E-state index in [-0.39, 0.29) is 21.3 Å². The number of carbonyl (C=O) groups excluding carboxylic acids is 3. The number of ketones is 1. The number of aryl methyl sites for hydroxylation is 2. The Morgan fingerprint density at radius 3 is 2.44 bits per heavy atom. The molecule has 1 N–H and O–H groups in total. The Balaban J connectivity index is 1.93. The van der Waals surface area contributed by atoms with E-state index in [0.717, 1.165) is 16.9 Å². The van der Waals surface area contributed by atoms with Crippen molar-refractivity contribution < 1.29 is 29.0 Å². The molecule has 0 spiro atoms. The van der Waals surface area contributed by atoms with Crippen molar-refractivity contribution in [3.63, 3.8) is 0 Å². The van der Waals surface area contributed by atoms with Gasteiger partial charge in [0.1, 0.15) is 16.4 Å². The Morgan fingerprint density at radius 1 is 1.09 bits per heavy atom. The van der Waals surface area contributed by atoms with Crippen molar-refractivity contribution in [1.82, 2.24) is 4.98 Å². The van der Waals surface area contributed by atoms with Gasteiger partial charge in [0.2, 0.25) is 0 Å². The number of hydrogen-bond donors (Lipinski definition) is 1. The van der Waals surface area contributed by atoms with Gasteiger partial charge in [0, 0.05) is 5.56 Å². The SMILES string of the molecule is COC(=O)c1sc(N2C(=O)C(=O)C(=C(O)c3cccc(OC)c3)[C@H]2c2ccc(C)cc2)nc1C. The molecular formula is C25H22N2O6S. The summed E-state index contributed by atoms with van der Waals surface area (Å²) in [5, 5.41) is 11.4. The molecule has 0 aliphatic carbocycles. The van der Waals surface area contributed by atoms with Crippen molar-refractivity contribution in [3.8, 4) is 5.75 Å². The molecule has 34 heavy (non-hydrogen) atoms. The summed E-state index contributed by atoms with van der Waals surface area (Å²) in [6.45, 7) is 3.55. The van der Waals surface area contributed by atoms with E-state index < -0.39 is 23.7 Å². The molecule has 1 aliphatic rings. The minimum atomic E-state index is -0.942. The fraction of sp³-hybridized carbons (Fsp3) is 0.200. The summed E-state index contributed by atoms with van der Waals surface area (Å²) in [4.78, 5) is 44.4. The molecule has 1 atom stereocenters. The molecule has 2 heterocycles. The molecule has 174 valence electrons. The van der Waals surface area contributed by atoms with E-state index in [2.05, 4.69) is 4.98 Å². The summed E-state index contributed by atoms with van der Waals surface area (Å²) >= 11 is 0.955. The number of Topliss-reactive ketones (excluding diaryl/α,β-unsaturated/α-hetero) is 1. The van der Waals surface area contributed by atoms with Crippen LogP contribution in [0.25, 0.3) is 5.76 Å². The highest BCUT2D eigenvalue weighted by Crippen LogP contribution is 2.44. The molecule has 3 aromatic rings. The van der Waals surface area contributed by atoms with Gasteiger partial charge in [-0.05, 0) is 31.5 Å². The number of aliphatic hydroxyl groups excluding tert-OH is 1. The van der Waals surface area contributed by atoms with Gasteiger partial charge in [-0.1, -0.05) is 53.3 Å². The highest BCUT2D eigenvalue weighted by molar-refractivity contribution is 7.17. The topological polar surface area (TPSA) is 106 Å². The number of carbonyl (C=O) groups is 3. The lowest BCUT2D eigenvalue weighted by Crippen LogP contribution is -2.29. The van der Waals surface area contributed by atoms with E-state index in [4.69, 9.17) is 9.47 Å². The smallest absolute Gasteiger partial charge is 0.350 e. The maximum atomic E-state index is 13.2. The van der Waals surface area contributed by atoms with Crippen LogP contribution in [-0.2, 0) is 14.3 Å². The van der Waals surface area contributed by atoms with Crippen LogP contribution >= 0.6 is 11.3 Å². The van der Waals surface area contributed by atoms with Crippen LogP contribution in [0, 0.1) is 13.8 Å². The normalized spacial score (nSPS) is 17.2. The Kier molecular flexibility index (Phi) is 6.21. The summed E-state index contributed by atoms with van der Waals surface area (Å²) in [5.41, 5.74) is 2.24. The number of hydrogen-bond acceptors (Lipinski definition) is 8. The van der Waals surface area contributed by atoms with Gasteiger partial charge in [-0.15, -0.1) is 0 Å². The van der Waals surface area contributed by atoms with Crippen molar-refractivity contribution in [2.75, 3.05) is 19.1 Å².